The molecule has 140 valence electrons. The Bertz CT molecular complexity index is 1030. The topological polar surface area (TPSA) is 66.2 Å². The standard InChI is InChI=1S/C20H19ClN2O4/c1-22-7-8-23(16-9-13(21)4-5-15(16)22)11-12-3-6-17(26-2)19-14(12)10-18(27-19)20(24)25/h3-6,9-10H,7-8,11H2,1-2H3,(H,24,25). The number of halogens is 1. The molecule has 0 fully saturated rings. The number of hydrogen-bond donors (Lipinski definition) is 1. The molecule has 0 saturated carbocycles. The summed E-state index contributed by atoms with van der Waals surface area (Å²) in [5.41, 5.74) is 3.60. The van der Waals surface area contributed by atoms with E-state index in [0.717, 1.165) is 35.4 Å². The number of rotatable bonds is 4. The maximum atomic E-state index is 11.3. The van der Waals surface area contributed by atoms with Crippen LogP contribution in [0.1, 0.15) is 16.1 Å². The van der Waals surface area contributed by atoms with Crippen molar-refractivity contribution >= 4 is 39.9 Å². The zero-order valence-electron chi connectivity index (χ0n) is 15.0. The lowest BCUT2D eigenvalue weighted by Crippen LogP contribution is -2.38. The van der Waals surface area contributed by atoms with Gasteiger partial charge in [-0.25, -0.2) is 4.79 Å². The summed E-state index contributed by atoms with van der Waals surface area (Å²) in [6.07, 6.45) is 0. The Hall–Kier alpha value is -2.86. The molecule has 0 spiro atoms. The van der Waals surface area contributed by atoms with Gasteiger partial charge in [0.15, 0.2) is 11.3 Å². The Labute approximate surface area is 161 Å². The molecule has 0 atom stereocenters. The minimum absolute atomic E-state index is 0.0995. The molecule has 2 heterocycles. The van der Waals surface area contributed by atoms with E-state index < -0.39 is 5.97 Å². The first-order valence-electron chi connectivity index (χ1n) is 8.56. The van der Waals surface area contributed by atoms with E-state index in [0.29, 0.717) is 22.9 Å². The van der Waals surface area contributed by atoms with E-state index in [1.54, 1.807) is 6.07 Å². The van der Waals surface area contributed by atoms with Crippen LogP contribution in [0.5, 0.6) is 5.75 Å². The third kappa shape index (κ3) is 3.06. The molecule has 27 heavy (non-hydrogen) atoms. The van der Waals surface area contributed by atoms with Crippen molar-refractivity contribution in [1.82, 2.24) is 0 Å². The lowest BCUT2D eigenvalue weighted by molar-refractivity contribution is 0.0665. The first kappa shape index (κ1) is 17.5. The minimum atomic E-state index is -1.10. The summed E-state index contributed by atoms with van der Waals surface area (Å²) >= 11 is 6.22. The highest BCUT2D eigenvalue weighted by Gasteiger charge is 2.23. The van der Waals surface area contributed by atoms with Gasteiger partial charge in [-0.15, -0.1) is 0 Å². The van der Waals surface area contributed by atoms with Crippen LogP contribution in [0.2, 0.25) is 5.02 Å². The highest BCUT2D eigenvalue weighted by atomic mass is 35.5. The molecule has 1 aromatic heterocycles. The third-order valence-electron chi connectivity index (χ3n) is 4.92. The maximum absolute atomic E-state index is 11.3. The van der Waals surface area contributed by atoms with E-state index in [1.807, 2.05) is 30.3 Å². The van der Waals surface area contributed by atoms with E-state index in [2.05, 4.69) is 16.8 Å². The molecule has 7 heteroatoms. The van der Waals surface area contributed by atoms with Crippen LogP contribution in [-0.2, 0) is 6.54 Å². The van der Waals surface area contributed by atoms with Gasteiger partial charge in [0.05, 0.1) is 18.5 Å². The van der Waals surface area contributed by atoms with Gasteiger partial charge >= 0.3 is 5.97 Å². The number of likely N-dealkylation sites (N-methyl/N-ethyl adjacent to an activating group) is 1. The van der Waals surface area contributed by atoms with Gasteiger partial charge in [0.1, 0.15) is 0 Å². The normalized spacial score (nSPS) is 13.7. The average molecular weight is 387 g/mol. The number of fused-ring (bicyclic) bond motifs is 2. The first-order chi connectivity index (χ1) is 13.0. The fourth-order valence-corrected chi connectivity index (χ4v) is 3.68. The minimum Gasteiger partial charge on any atom is -0.493 e. The van der Waals surface area contributed by atoms with Crippen molar-refractivity contribution in [2.24, 2.45) is 0 Å². The predicted molar refractivity (Wildman–Crippen MR) is 105 cm³/mol. The van der Waals surface area contributed by atoms with Crippen LogP contribution in [0, 0.1) is 0 Å². The number of methoxy groups -OCH3 is 1. The van der Waals surface area contributed by atoms with E-state index >= 15 is 0 Å². The largest absolute Gasteiger partial charge is 0.493 e. The van der Waals surface area contributed by atoms with Crippen LogP contribution in [0.4, 0.5) is 11.4 Å². The van der Waals surface area contributed by atoms with Crippen LogP contribution in [-0.4, -0.2) is 38.3 Å². The van der Waals surface area contributed by atoms with E-state index in [-0.39, 0.29) is 5.76 Å². The van der Waals surface area contributed by atoms with Gasteiger partial charge in [0.2, 0.25) is 5.76 Å². The van der Waals surface area contributed by atoms with Gasteiger partial charge in [0.25, 0.3) is 0 Å². The van der Waals surface area contributed by atoms with Crippen LogP contribution in [0.25, 0.3) is 11.0 Å². The molecule has 3 aromatic rings. The van der Waals surface area contributed by atoms with Crippen LogP contribution >= 0.6 is 11.6 Å². The summed E-state index contributed by atoms with van der Waals surface area (Å²) in [6, 6.07) is 11.2. The second-order valence-electron chi connectivity index (χ2n) is 6.56. The Balaban J connectivity index is 1.77. The molecule has 0 unspecified atom stereocenters. The Kier molecular flexibility index (Phi) is 4.36. The number of ether oxygens (including phenoxy) is 1. The fourth-order valence-electron chi connectivity index (χ4n) is 3.51. The number of carboxylic acids is 1. The van der Waals surface area contributed by atoms with Gasteiger partial charge in [-0.05, 0) is 35.9 Å². The molecule has 4 rings (SSSR count). The number of nitrogens with zero attached hydrogens (tertiary/aromatic N) is 2. The third-order valence-corrected chi connectivity index (χ3v) is 5.16. The summed E-state index contributed by atoms with van der Waals surface area (Å²) in [5.74, 6) is -0.684. The molecular formula is C20H19ClN2O4. The van der Waals surface area contributed by atoms with E-state index in [9.17, 15) is 9.90 Å². The van der Waals surface area contributed by atoms with Crippen molar-refractivity contribution in [3.63, 3.8) is 0 Å². The van der Waals surface area contributed by atoms with Gasteiger partial charge in [-0.1, -0.05) is 17.7 Å². The molecule has 2 aromatic carbocycles. The van der Waals surface area contributed by atoms with Crippen LogP contribution in [0.15, 0.2) is 40.8 Å². The number of aromatic carboxylic acids is 1. The predicted octanol–water partition coefficient (Wildman–Crippen LogP) is 4.25. The van der Waals surface area contributed by atoms with Gasteiger partial charge < -0.3 is 24.1 Å². The molecule has 0 saturated heterocycles. The second kappa shape index (κ2) is 6.70. The molecule has 1 aliphatic heterocycles. The zero-order chi connectivity index (χ0) is 19.1. The number of anilines is 2. The van der Waals surface area contributed by atoms with Crippen molar-refractivity contribution < 1.29 is 19.1 Å². The molecule has 0 amide bonds. The van der Waals surface area contributed by atoms with E-state index in [4.69, 9.17) is 20.8 Å². The smallest absolute Gasteiger partial charge is 0.371 e. The van der Waals surface area contributed by atoms with Gasteiger partial charge in [-0.3, -0.25) is 0 Å². The highest BCUT2D eigenvalue weighted by Crippen LogP contribution is 2.37. The molecule has 0 radical (unpaired) electrons. The van der Waals surface area contributed by atoms with Crippen molar-refractivity contribution in [2.45, 2.75) is 6.54 Å². The lowest BCUT2D eigenvalue weighted by Gasteiger charge is -2.37. The maximum Gasteiger partial charge on any atom is 0.371 e. The zero-order valence-corrected chi connectivity index (χ0v) is 15.8. The first-order valence-corrected chi connectivity index (χ1v) is 8.94. The lowest BCUT2D eigenvalue weighted by atomic mass is 10.1. The summed E-state index contributed by atoms with van der Waals surface area (Å²) in [4.78, 5) is 15.8. The molecule has 0 bridgehead atoms. The van der Waals surface area contributed by atoms with Crippen molar-refractivity contribution in [2.75, 3.05) is 37.0 Å². The molecule has 1 aliphatic rings. The second-order valence-corrected chi connectivity index (χ2v) is 7.00. The average Bonchev–Trinajstić information content (AvgIpc) is 3.10. The number of furan rings is 1. The van der Waals surface area contributed by atoms with Gasteiger partial charge in [0, 0.05) is 37.1 Å². The van der Waals surface area contributed by atoms with Crippen molar-refractivity contribution in [3.05, 3.63) is 52.7 Å². The molecule has 1 N–H and O–H groups in total. The summed E-state index contributed by atoms with van der Waals surface area (Å²) < 4.78 is 10.8. The monoisotopic (exact) mass is 386 g/mol. The van der Waals surface area contributed by atoms with Crippen LogP contribution in [0.3, 0.4) is 0 Å². The van der Waals surface area contributed by atoms with Gasteiger partial charge in [-0.2, -0.15) is 0 Å². The van der Waals surface area contributed by atoms with E-state index in [1.165, 1.54) is 7.11 Å². The number of carboxylic acid groups (broad SMARTS) is 1. The van der Waals surface area contributed by atoms with Crippen molar-refractivity contribution in [1.29, 1.82) is 0 Å². The quantitative estimate of drug-likeness (QED) is 0.723. The number of hydrogen-bond acceptors (Lipinski definition) is 5. The fraction of sp³-hybridized carbons (Fsp3) is 0.250. The molecule has 6 nitrogen and oxygen atoms in total. The molecule has 0 aliphatic carbocycles. The summed E-state index contributed by atoms with van der Waals surface area (Å²) in [7, 11) is 3.60. The number of benzene rings is 2. The number of carbonyl (C=O) groups is 1. The highest BCUT2D eigenvalue weighted by molar-refractivity contribution is 6.31. The Morgan fingerprint density at radius 3 is 2.78 bits per heavy atom. The Morgan fingerprint density at radius 1 is 1.22 bits per heavy atom. The summed E-state index contributed by atoms with van der Waals surface area (Å²) in [6.45, 7) is 2.33. The van der Waals surface area contributed by atoms with Crippen molar-refractivity contribution in [3.8, 4) is 5.75 Å². The molecular weight excluding hydrogens is 368 g/mol. The Morgan fingerprint density at radius 2 is 2.04 bits per heavy atom. The summed E-state index contributed by atoms with van der Waals surface area (Å²) in [5, 5.41) is 10.7. The SMILES string of the molecule is COc1ccc(CN2CCN(C)c3ccc(Cl)cc32)c2cc(C(=O)O)oc12. The van der Waals surface area contributed by atoms with Crippen LogP contribution < -0.4 is 14.5 Å².